The fraction of sp³-hybridized carbons (Fsp3) is 0.478. The van der Waals surface area contributed by atoms with E-state index in [-0.39, 0.29) is 17.9 Å². The van der Waals surface area contributed by atoms with Crippen LogP contribution in [0.2, 0.25) is 0 Å². The number of nitrogens with zero attached hydrogens (tertiary/aromatic N) is 3. The van der Waals surface area contributed by atoms with Crippen LogP contribution in [-0.2, 0) is 4.79 Å². The average molecular weight is 471 g/mol. The molecule has 2 aromatic rings. The van der Waals surface area contributed by atoms with Crippen molar-refractivity contribution in [2.45, 2.75) is 45.6 Å². The van der Waals surface area contributed by atoms with E-state index in [1.54, 1.807) is 18.5 Å². The van der Waals surface area contributed by atoms with Crippen LogP contribution in [0, 0.1) is 11.8 Å². The highest BCUT2D eigenvalue weighted by molar-refractivity contribution is 9.10. The molecule has 2 amide bonds. The highest BCUT2D eigenvalue weighted by Gasteiger charge is 2.30. The van der Waals surface area contributed by atoms with Gasteiger partial charge in [0.25, 0.3) is 5.91 Å². The Morgan fingerprint density at radius 1 is 1.23 bits per heavy atom. The molecular weight excluding hydrogens is 444 g/mol. The van der Waals surface area contributed by atoms with Gasteiger partial charge >= 0.3 is 0 Å². The number of rotatable bonds is 3. The predicted molar refractivity (Wildman–Crippen MR) is 120 cm³/mol. The smallest absolute Gasteiger partial charge is 0.270 e. The maximum absolute atomic E-state index is 12.9. The number of carbonyl (C=O) groups excluding carboxylic acids is 2. The molecule has 1 aliphatic carbocycles. The summed E-state index contributed by atoms with van der Waals surface area (Å²) in [6, 6.07) is 3.48. The van der Waals surface area contributed by atoms with Crippen molar-refractivity contribution in [1.82, 2.24) is 20.2 Å². The van der Waals surface area contributed by atoms with Gasteiger partial charge in [0.2, 0.25) is 5.91 Å². The number of halogens is 1. The van der Waals surface area contributed by atoms with Gasteiger partial charge in [-0.25, -0.2) is 4.98 Å². The van der Waals surface area contributed by atoms with Gasteiger partial charge in [-0.2, -0.15) is 0 Å². The number of amides is 2. The van der Waals surface area contributed by atoms with E-state index in [1.807, 2.05) is 17.0 Å². The first-order valence-electron chi connectivity index (χ1n) is 10.6. The van der Waals surface area contributed by atoms with E-state index in [2.05, 4.69) is 45.1 Å². The van der Waals surface area contributed by atoms with E-state index in [9.17, 15) is 9.59 Å². The Morgan fingerprint density at radius 3 is 2.83 bits per heavy atom. The molecule has 2 aliphatic rings. The molecule has 2 fully saturated rings. The van der Waals surface area contributed by atoms with E-state index in [4.69, 9.17) is 0 Å². The van der Waals surface area contributed by atoms with Crippen LogP contribution in [0.4, 0.5) is 0 Å². The second kappa shape index (κ2) is 8.84. The molecule has 1 N–H and O–H groups in total. The fourth-order valence-electron chi connectivity index (χ4n) is 4.32. The highest BCUT2D eigenvalue weighted by Crippen LogP contribution is 2.30. The summed E-state index contributed by atoms with van der Waals surface area (Å²) in [5.41, 5.74) is 2.34. The predicted octanol–water partition coefficient (Wildman–Crippen LogP) is 4.11. The molecule has 0 radical (unpaired) electrons. The number of piperidine rings is 1. The minimum Gasteiger partial charge on any atom is -0.346 e. The molecule has 1 saturated heterocycles. The summed E-state index contributed by atoms with van der Waals surface area (Å²) in [5.74, 6) is 0.830. The summed E-state index contributed by atoms with van der Waals surface area (Å²) >= 11 is 3.45. The molecular formula is C23H27BrN4O2. The van der Waals surface area contributed by atoms with Gasteiger partial charge in [-0.3, -0.25) is 14.6 Å². The van der Waals surface area contributed by atoms with E-state index in [1.165, 1.54) is 12.0 Å². The first kappa shape index (κ1) is 21.0. The molecule has 2 aromatic heterocycles. The Balaban J connectivity index is 1.44. The fourth-order valence-corrected chi connectivity index (χ4v) is 4.75. The summed E-state index contributed by atoms with van der Waals surface area (Å²) in [4.78, 5) is 36.2. The SMILES string of the molecule is CC1CC/C(=C\C(=O)N2CCC(C)C(NC(=O)c3ccc4cncc(Br)c4n3)C2)C1. The van der Waals surface area contributed by atoms with Crippen molar-refractivity contribution < 1.29 is 9.59 Å². The molecule has 0 spiro atoms. The molecule has 3 heterocycles. The van der Waals surface area contributed by atoms with Crippen LogP contribution in [0.5, 0.6) is 0 Å². The molecule has 7 heteroatoms. The van der Waals surface area contributed by atoms with Crippen LogP contribution in [-0.4, -0.2) is 45.8 Å². The largest absolute Gasteiger partial charge is 0.346 e. The number of fused-ring (bicyclic) bond motifs is 1. The van der Waals surface area contributed by atoms with Gasteiger partial charge in [-0.15, -0.1) is 0 Å². The Hall–Kier alpha value is -2.28. The molecule has 0 aromatic carbocycles. The molecule has 0 bridgehead atoms. The van der Waals surface area contributed by atoms with Crippen LogP contribution >= 0.6 is 15.9 Å². The van der Waals surface area contributed by atoms with Crippen molar-refractivity contribution >= 4 is 38.6 Å². The zero-order chi connectivity index (χ0) is 21.3. The van der Waals surface area contributed by atoms with Crippen molar-refractivity contribution in [1.29, 1.82) is 0 Å². The quantitative estimate of drug-likeness (QED) is 0.684. The van der Waals surface area contributed by atoms with Gasteiger partial charge in [0, 0.05) is 43.0 Å². The lowest BCUT2D eigenvalue weighted by Crippen LogP contribution is -2.53. The van der Waals surface area contributed by atoms with Gasteiger partial charge in [0.15, 0.2) is 0 Å². The monoisotopic (exact) mass is 470 g/mol. The number of likely N-dealkylation sites (tertiary alicyclic amines) is 1. The van der Waals surface area contributed by atoms with E-state index >= 15 is 0 Å². The molecule has 1 aliphatic heterocycles. The first-order valence-corrected chi connectivity index (χ1v) is 11.4. The van der Waals surface area contributed by atoms with E-state index in [0.717, 1.165) is 35.7 Å². The minimum atomic E-state index is -0.213. The Labute approximate surface area is 185 Å². The zero-order valence-corrected chi connectivity index (χ0v) is 19.0. The second-order valence-corrected chi connectivity index (χ2v) is 9.52. The topological polar surface area (TPSA) is 75.2 Å². The van der Waals surface area contributed by atoms with E-state index < -0.39 is 0 Å². The van der Waals surface area contributed by atoms with Crippen molar-refractivity contribution in [2.24, 2.45) is 11.8 Å². The van der Waals surface area contributed by atoms with Crippen LogP contribution in [0.3, 0.4) is 0 Å². The number of nitrogens with one attached hydrogen (secondary N) is 1. The molecule has 158 valence electrons. The normalized spacial score (nSPS) is 25.6. The lowest BCUT2D eigenvalue weighted by Gasteiger charge is -2.37. The van der Waals surface area contributed by atoms with Gasteiger partial charge in [0.1, 0.15) is 5.69 Å². The second-order valence-electron chi connectivity index (χ2n) is 8.67. The van der Waals surface area contributed by atoms with Gasteiger partial charge in [0.05, 0.1) is 9.99 Å². The van der Waals surface area contributed by atoms with Gasteiger partial charge in [-0.05, 0) is 65.6 Å². The molecule has 1 saturated carbocycles. The summed E-state index contributed by atoms with van der Waals surface area (Å²) in [6.07, 6.45) is 9.31. The number of allylic oxidation sites excluding steroid dienone is 1. The maximum atomic E-state index is 12.9. The number of hydrogen-bond acceptors (Lipinski definition) is 4. The third-order valence-corrected chi connectivity index (χ3v) is 6.85. The molecule has 30 heavy (non-hydrogen) atoms. The molecule has 4 rings (SSSR count). The summed E-state index contributed by atoms with van der Waals surface area (Å²) in [6.45, 7) is 5.63. The lowest BCUT2D eigenvalue weighted by atomic mass is 9.93. The summed E-state index contributed by atoms with van der Waals surface area (Å²) < 4.78 is 0.756. The van der Waals surface area contributed by atoms with Gasteiger partial charge < -0.3 is 10.2 Å². The van der Waals surface area contributed by atoms with Crippen molar-refractivity contribution in [2.75, 3.05) is 13.1 Å². The Kier molecular flexibility index (Phi) is 6.18. The van der Waals surface area contributed by atoms with Gasteiger partial charge in [-0.1, -0.05) is 19.4 Å². The average Bonchev–Trinajstić information content (AvgIpc) is 3.14. The molecule has 3 atom stereocenters. The summed E-state index contributed by atoms with van der Waals surface area (Å²) in [7, 11) is 0. The molecule has 6 nitrogen and oxygen atoms in total. The lowest BCUT2D eigenvalue weighted by molar-refractivity contribution is -0.127. The highest BCUT2D eigenvalue weighted by atomic mass is 79.9. The van der Waals surface area contributed by atoms with Crippen LogP contribution < -0.4 is 5.32 Å². The van der Waals surface area contributed by atoms with Crippen molar-refractivity contribution in [3.63, 3.8) is 0 Å². The number of hydrogen-bond donors (Lipinski definition) is 1. The van der Waals surface area contributed by atoms with Crippen LogP contribution in [0.1, 0.15) is 50.0 Å². The Bertz CT molecular complexity index is 1010. The maximum Gasteiger partial charge on any atom is 0.270 e. The van der Waals surface area contributed by atoms with Crippen molar-refractivity contribution in [3.05, 3.63) is 46.3 Å². The third-order valence-electron chi connectivity index (χ3n) is 6.27. The number of pyridine rings is 2. The molecule has 3 unspecified atom stereocenters. The standard InChI is InChI=1S/C23H27BrN4O2/c1-14-3-4-16(9-14)10-21(29)28-8-7-15(2)20(13-28)27-23(30)19-6-5-17-11-25-12-18(24)22(17)26-19/h5-6,10-12,14-15,20H,3-4,7-9,13H2,1-2H3,(H,27,30)/b16-10+. The first-order chi connectivity index (χ1) is 14.4. The summed E-state index contributed by atoms with van der Waals surface area (Å²) in [5, 5.41) is 3.98. The minimum absolute atomic E-state index is 0.0745. The van der Waals surface area contributed by atoms with E-state index in [0.29, 0.717) is 29.6 Å². The number of aromatic nitrogens is 2. The zero-order valence-electron chi connectivity index (χ0n) is 17.4. The van der Waals surface area contributed by atoms with Crippen LogP contribution in [0.15, 0.2) is 40.6 Å². The Morgan fingerprint density at radius 2 is 2.07 bits per heavy atom. The number of carbonyl (C=O) groups is 2. The van der Waals surface area contributed by atoms with Crippen LogP contribution in [0.25, 0.3) is 10.9 Å². The van der Waals surface area contributed by atoms with Crippen molar-refractivity contribution in [3.8, 4) is 0 Å². The third kappa shape index (κ3) is 4.56.